The van der Waals surface area contributed by atoms with Crippen LogP contribution in [0.25, 0.3) is 22.1 Å². The number of hydrogen-bond donors (Lipinski definition) is 2. The van der Waals surface area contributed by atoms with E-state index in [1.54, 1.807) is 43.2 Å². The summed E-state index contributed by atoms with van der Waals surface area (Å²) >= 11 is 6.51. The lowest BCUT2D eigenvalue weighted by Crippen LogP contribution is -2.40. The van der Waals surface area contributed by atoms with Crippen molar-refractivity contribution in [1.82, 2.24) is 28.7 Å². The third-order valence-corrected chi connectivity index (χ3v) is 5.76. The lowest BCUT2D eigenvalue weighted by molar-refractivity contribution is 0.648. The van der Waals surface area contributed by atoms with Gasteiger partial charge in [0.25, 0.3) is 5.56 Å². The number of pyridine rings is 1. The van der Waals surface area contributed by atoms with Crippen molar-refractivity contribution in [1.29, 1.82) is 0 Å². The van der Waals surface area contributed by atoms with Crippen LogP contribution in [0.5, 0.6) is 0 Å². The van der Waals surface area contributed by atoms with Crippen LogP contribution in [0.4, 0.5) is 11.6 Å². The summed E-state index contributed by atoms with van der Waals surface area (Å²) < 4.78 is 4.17. The number of nitrogens with one attached hydrogen (secondary N) is 2. The van der Waals surface area contributed by atoms with E-state index in [0.717, 1.165) is 21.2 Å². The predicted octanol–water partition coefficient (Wildman–Crippen LogP) is 2.76. The molecule has 10 heteroatoms. The van der Waals surface area contributed by atoms with Crippen molar-refractivity contribution in [3.8, 4) is 0 Å². The van der Waals surface area contributed by atoms with Gasteiger partial charge in [-0.1, -0.05) is 29.8 Å². The fraction of sp³-hybridized carbons (Fsp3) is 0.143. The summed E-state index contributed by atoms with van der Waals surface area (Å²) in [5.41, 5.74) is 1.91. The molecule has 5 rings (SSSR count). The Balaban J connectivity index is 1.65. The van der Waals surface area contributed by atoms with Crippen molar-refractivity contribution in [3.05, 3.63) is 80.3 Å². The van der Waals surface area contributed by atoms with Gasteiger partial charge >= 0.3 is 5.69 Å². The fourth-order valence-corrected chi connectivity index (χ4v) is 3.96. The van der Waals surface area contributed by atoms with E-state index in [2.05, 4.69) is 20.3 Å². The van der Waals surface area contributed by atoms with Gasteiger partial charge in [0.2, 0.25) is 5.95 Å². The van der Waals surface area contributed by atoms with E-state index in [9.17, 15) is 9.59 Å². The molecule has 0 spiro atoms. The van der Waals surface area contributed by atoms with Crippen molar-refractivity contribution in [2.24, 2.45) is 14.1 Å². The zero-order valence-corrected chi connectivity index (χ0v) is 17.5. The Morgan fingerprint density at radius 1 is 1.06 bits per heavy atom. The van der Waals surface area contributed by atoms with Crippen LogP contribution < -0.4 is 16.6 Å². The Hall–Kier alpha value is -3.85. The summed E-state index contributed by atoms with van der Waals surface area (Å²) in [7, 11) is 3.32. The molecule has 0 fully saturated rings. The number of aromatic amines is 1. The molecule has 0 saturated heterocycles. The number of fused-ring (bicyclic) bond motifs is 2. The Morgan fingerprint density at radius 3 is 2.55 bits per heavy atom. The van der Waals surface area contributed by atoms with Crippen LogP contribution in [0, 0.1) is 0 Å². The van der Waals surface area contributed by atoms with Crippen LogP contribution in [0.2, 0.25) is 5.02 Å². The maximum Gasteiger partial charge on any atom is 0.332 e. The topological polar surface area (TPSA) is 103 Å². The van der Waals surface area contributed by atoms with Crippen molar-refractivity contribution >= 4 is 45.3 Å². The minimum absolute atomic E-state index is 0.0211. The Bertz CT molecular complexity index is 1560. The molecule has 0 aliphatic rings. The fourth-order valence-electron chi connectivity index (χ4n) is 3.69. The molecule has 0 saturated carbocycles. The van der Waals surface area contributed by atoms with Gasteiger partial charge in [-0.2, -0.15) is 4.98 Å². The van der Waals surface area contributed by atoms with Gasteiger partial charge in [0.1, 0.15) is 0 Å². The highest BCUT2D eigenvalue weighted by atomic mass is 35.5. The highest BCUT2D eigenvalue weighted by molar-refractivity contribution is 6.36. The monoisotopic (exact) mass is 435 g/mol. The lowest BCUT2D eigenvalue weighted by atomic mass is 10.2. The minimum Gasteiger partial charge on any atom is -0.356 e. The van der Waals surface area contributed by atoms with Crippen molar-refractivity contribution < 1.29 is 0 Å². The molecule has 0 aliphatic carbocycles. The molecule has 0 radical (unpaired) electrons. The molecule has 9 nitrogen and oxygen atoms in total. The molecule has 156 valence electrons. The maximum atomic E-state index is 13.3. The summed E-state index contributed by atoms with van der Waals surface area (Å²) in [4.78, 5) is 38.0. The number of hydrogen-bond acceptors (Lipinski definition) is 5. The van der Waals surface area contributed by atoms with E-state index in [-0.39, 0.29) is 6.54 Å². The number of rotatable bonds is 4. The Kier molecular flexibility index (Phi) is 4.40. The molecule has 0 bridgehead atoms. The first-order valence-corrected chi connectivity index (χ1v) is 9.92. The largest absolute Gasteiger partial charge is 0.356 e. The Morgan fingerprint density at radius 2 is 1.81 bits per heavy atom. The van der Waals surface area contributed by atoms with Crippen LogP contribution in [0.15, 0.2) is 58.4 Å². The normalized spacial score (nSPS) is 11.5. The molecule has 31 heavy (non-hydrogen) atoms. The molecule has 0 unspecified atom stereocenters. The van der Waals surface area contributed by atoms with Crippen LogP contribution in [-0.2, 0) is 20.6 Å². The minimum atomic E-state index is -0.471. The molecular formula is C21H18ClN7O2. The molecule has 5 aromatic rings. The molecule has 1 aromatic carbocycles. The number of nitrogens with zero attached hydrogens (tertiary/aromatic N) is 5. The van der Waals surface area contributed by atoms with Crippen molar-refractivity contribution in [2.75, 3.05) is 5.32 Å². The zero-order chi connectivity index (χ0) is 21.7. The van der Waals surface area contributed by atoms with Crippen LogP contribution >= 0.6 is 11.6 Å². The van der Waals surface area contributed by atoms with Gasteiger partial charge in [0.05, 0.1) is 17.3 Å². The molecule has 0 amide bonds. The quantitative estimate of drug-likeness (QED) is 0.452. The second-order valence-corrected chi connectivity index (χ2v) is 7.60. The average Bonchev–Trinajstić information content (AvgIpc) is 3.27. The molecule has 0 atom stereocenters. The average molecular weight is 436 g/mol. The van der Waals surface area contributed by atoms with Gasteiger partial charge in [-0.05, 0) is 18.2 Å². The third kappa shape index (κ3) is 3.01. The Labute approximate surface area is 180 Å². The smallest absolute Gasteiger partial charge is 0.332 e. The van der Waals surface area contributed by atoms with Crippen LogP contribution in [0.3, 0.4) is 0 Å². The third-order valence-electron chi connectivity index (χ3n) is 5.33. The summed E-state index contributed by atoms with van der Waals surface area (Å²) in [6, 6.07) is 11.1. The number of anilines is 2. The van der Waals surface area contributed by atoms with E-state index in [0.29, 0.717) is 27.8 Å². The van der Waals surface area contributed by atoms with E-state index >= 15 is 0 Å². The van der Waals surface area contributed by atoms with Gasteiger partial charge < -0.3 is 14.9 Å². The van der Waals surface area contributed by atoms with Gasteiger partial charge in [0.15, 0.2) is 11.2 Å². The SMILES string of the molecule is Cn1c(Nc2ccncc2)nc2c1c(=O)n(Cc1[nH]c3ccccc3c1Cl)c(=O)n2C. The van der Waals surface area contributed by atoms with Crippen molar-refractivity contribution in [2.45, 2.75) is 6.54 Å². The summed E-state index contributed by atoms with van der Waals surface area (Å²) in [5, 5.41) is 4.49. The summed E-state index contributed by atoms with van der Waals surface area (Å²) in [5.74, 6) is 0.440. The predicted molar refractivity (Wildman–Crippen MR) is 120 cm³/mol. The van der Waals surface area contributed by atoms with Gasteiger partial charge in [-0.3, -0.25) is 18.9 Å². The number of para-hydroxylation sites is 1. The van der Waals surface area contributed by atoms with Crippen LogP contribution in [-0.4, -0.2) is 28.7 Å². The maximum absolute atomic E-state index is 13.3. The first-order valence-electron chi connectivity index (χ1n) is 9.54. The first-order chi connectivity index (χ1) is 15.0. The number of imidazole rings is 1. The standard InChI is InChI=1S/C21H18ClN7O2/c1-27-17-18(26-20(27)24-12-7-9-23-10-8-12)28(2)21(31)29(19(17)30)11-15-16(22)13-5-3-4-6-14(13)25-15/h3-10,25H,11H2,1-2H3,(H,23,24,26). The highest BCUT2D eigenvalue weighted by Crippen LogP contribution is 2.27. The number of H-pyrrole nitrogens is 1. The lowest BCUT2D eigenvalue weighted by Gasteiger charge is -2.08. The van der Waals surface area contributed by atoms with Gasteiger partial charge in [-0.25, -0.2) is 4.79 Å². The molecule has 0 aliphatic heterocycles. The summed E-state index contributed by atoms with van der Waals surface area (Å²) in [6.45, 7) is 0.0211. The van der Waals surface area contributed by atoms with E-state index in [1.807, 2.05) is 24.3 Å². The van der Waals surface area contributed by atoms with E-state index < -0.39 is 11.2 Å². The second-order valence-electron chi connectivity index (χ2n) is 7.22. The number of halogens is 1. The molecule has 4 aromatic heterocycles. The summed E-state index contributed by atoms with van der Waals surface area (Å²) in [6.07, 6.45) is 3.30. The molecular weight excluding hydrogens is 418 g/mol. The number of aryl methyl sites for hydroxylation is 2. The molecule has 2 N–H and O–H groups in total. The van der Waals surface area contributed by atoms with E-state index in [4.69, 9.17) is 11.6 Å². The number of benzene rings is 1. The number of aromatic nitrogens is 6. The second kappa shape index (κ2) is 7.13. The molecule has 4 heterocycles. The van der Waals surface area contributed by atoms with E-state index in [1.165, 1.54) is 4.57 Å². The van der Waals surface area contributed by atoms with Gasteiger partial charge in [-0.15, -0.1) is 0 Å². The van der Waals surface area contributed by atoms with Crippen molar-refractivity contribution in [3.63, 3.8) is 0 Å². The highest BCUT2D eigenvalue weighted by Gasteiger charge is 2.20. The van der Waals surface area contributed by atoms with Gasteiger partial charge in [0, 0.05) is 43.1 Å². The zero-order valence-electron chi connectivity index (χ0n) is 16.8. The first kappa shape index (κ1) is 19.1. The van der Waals surface area contributed by atoms with Crippen LogP contribution in [0.1, 0.15) is 5.69 Å².